The Morgan fingerprint density at radius 3 is 2.29 bits per heavy atom. The summed E-state index contributed by atoms with van der Waals surface area (Å²) in [6, 6.07) is 6.91. The third-order valence-corrected chi connectivity index (χ3v) is 8.45. The first-order chi connectivity index (χ1) is 20.1. The fraction of sp³-hybridized carbons (Fsp3) is 0.632. The number of ether oxygens (including phenoxy) is 1. The third-order valence-electron chi connectivity index (χ3n) is 8.45. The maximum absolute atomic E-state index is 11.6. The Morgan fingerprint density at radius 1 is 1.10 bits per heavy atom. The van der Waals surface area contributed by atoms with E-state index in [0.29, 0.717) is 29.9 Å². The van der Waals surface area contributed by atoms with Crippen LogP contribution in [0, 0.1) is 23.7 Å². The number of rotatable bonds is 15. The fourth-order valence-corrected chi connectivity index (χ4v) is 4.87. The maximum atomic E-state index is 11.6. The van der Waals surface area contributed by atoms with Gasteiger partial charge in [0.25, 0.3) is 0 Å². The van der Waals surface area contributed by atoms with Crippen molar-refractivity contribution in [3.8, 4) is 0 Å². The zero-order valence-corrected chi connectivity index (χ0v) is 28.4. The van der Waals surface area contributed by atoms with Crippen LogP contribution in [-0.4, -0.2) is 38.8 Å². The van der Waals surface area contributed by atoms with Crippen molar-refractivity contribution in [2.45, 2.75) is 106 Å². The van der Waals surface area contributed by atoms with Gasteiger partial charge in [-0.2, -0.15) is 0 Å². The van der Waals surface area contributed by atoms with Crippen LogP contribution in [0.5, 0.6) is 0 Å². The van der Waals surface area contributed by atoms with Gasteiger partial charge in [-0.3, -0.25) is 9.79 Å². The molecule has 1 aromatic carbocycles. The van der Waals surface area contributed by atoms with Crippen molar-refractivity contribution >= 4 is 17.6 Å². The van der Waals surface area contributed by atoms with Crippen molar-refractivity contribution < 1.29 is 9.53 Å². The Labute approximate surface area is 259 Å². The summed E-state index contributed by atoms with van der Waals surface area (Å²) in [6.07, 6.45) is 13.8. The van der Waals surface area contributed by atoms with Crippen LogP contribution in [0.3, 0.4) is 0 Å². The van der Waals surface area contributed by atoms with Crippen molar-refractivity contribution in [1.82, 2.24) is 5.32 Å². The molecule has 4 heteroatoms. The van der Waals surface area contributed by atoms with E-state index in [1.54, 1.807) is 19.4 Å². The Kier molecular flexibility index (Phi) is 19.2. The minimum Gasteiger partial charge on any atom is -0.385 e. The van der Waals surface area contributed by atoms with Crippen LogP contribution in [0.25, 0.3) is 5.57 Å². The molecule has 236 valence electrons. The van der Waals surface area contributed by atoms with E-state index in [1.165, 1.54) is 67.5 Å². The van der Waals surface area contributed by atoms with Crippen LogP contribution >= 0.6 is 0 Å². The van der Waals surface area contributed by atoms with Crippen molar-refractivity contribution in [1.29, 1.82) is 0 Å². The van der Waals surface area contributed by atoms with E-state index in [-0.39, 0.29) is 5.78 Å². The molecule has 1 N–H and O–H groups in total. The number of aryl methyl sites for hydroxylation is 2. The van der Waals surface area contributed by atoms with Crippen LogP contribution in [0.15, 0.2) is 53.7 Å². The molecule has 0 radical (unpaired) electrons. The molecular formula is C38H62N2O2. The summed E-state index contributed by atoms with van der Waals surface area (Å²) >= 11 is 0. The summed E-state index contributed by atoms with van der Waals surface area (Å²) in [5.74, 6) is 2.93. The number of ketones is 1. The van der Waals surface area contributed by atoms with Crippen LogP contribution in [0.4, 0.5) is 0 Å². The first kappa shape index (κ1) is 37.7. The molecule has 0 aromatic heterocycles. The summed E-state index contributed by atoms with van der Waals surface area (Å²) in [5, 5.41) is 3.32. The van der Waals surface area contributed by atoms with Gasteiger partial charge in [0, 0.05) is 26.4 Å². The number of carbonyl (C=O) groups is 1. The molecule has 1 saturated carbocycles. The molecule has 1 unspecified atom stereocenters. The number of carbonyl (C=O) groups excluding carboxylic acids is 1. The number of aliphatic imine (C=N–C) groups is 1. The van der Waals surface area contributed by atoms with Crippen molar-refractivity contribution in [3.63, 3.8) is 0 Å². The van der Waals surface area contributed by atoms with Gasteiger partial charge in [0.1, 0.15) is 5.70 Å². The molecule has 1 aliphatic carbocycles. The predicted octanol–water partition coefficient (Wildman–Crippen LogP) is 9.44. The molecule has 0 amide bonds. The molecule has 2 aliphatic rings. The standard InChI is InChI=1S/C20H32O.C12H17NO.C6H13N/c1-7-18-11-12-19(17(5)16(4)15(2)3)14-20(18)10-8-9-13-21-6;1-4-11(13-8-9(2)3)12(14)7-10-5-6-10;1-2-6-3-4-7-5-6/h11-12,14-16H,5,7-10,13H2,1-4,6H3;4,8,10H,2,5-7H2,1,3H3;6-7H,2-5H2,1H3/b;11-4-,13-8?;/t;;6-/m..0/s1. The first-order valence-corrected chi connectivity index (χ1v) is 16.5. The molecule has 3 rings (SSSR count). The highest BCUT2D eigenvalue weighted by Crippen LogP contribution is 2.33. The van der Waals surface area contributed by atoms with Crippen LogP contribution in [-0.2, 0) is 22.4 Å². The van der Waals surface area contributed by atoms with Gasteiger partial charge in [0.05, 0.1) is 0 Å². The monoisotopic (exact) mass is 578 g/mol. The Balaban J connectivity index is 0.000000357. The second-order valence-corrected chi connectivity index (χ2v) is 12.5. The lowest BCUT2D eigenvalue weighted by Crippen LogP contribution is -2.07. The van der Waals surface area contributed by atoms with Gasteiger partial charge in [0.15, 0.2) is 5.78 Å². The number of unbranched alkanes of at least 4 members (excludes halogenated alkanes) is 1. The fourth-order valence-electron chi connectivity index (χ4n) is 4.87. The van der Waals surface area contributed by atoms with Crippen molar-refractivity contribution in [2.75, 3.05) is 26.8 Å². The van der Waals surface area contributed by atoms with Crippen LogP contribution in [0.1, 0.15) is 110 Å². The molecule has 0 bridgehead atoms. The normalized spacial score (nSPS) is 17.4. The van der Waals surface area contributed by atoms with Gasteiger partial charge >= 0.3 is 0 Å². The van der Waals surface area contributed by atoms with Crippen LogP contribution < -0.4 is 5.32 Å². The van der Waals surface area contributed by atoms with Gasteiger partial charge < -0.3 is 10.1 Å². The lowest BCUT2D eigenvalue weighted by molar-refractivity contribution is -0.115. The molecule has 0 spiro atoms. The number of hydrogen-bond donors (Lipinski definition) is 1. The van der Waals surface area contributed by atoms with Gasteiger partial charge in [-0.05, 0) is 123 Å². The molecule has 1 aliphatic heterocycles. The molecule has 1 aromatic rings. The zero-order chi connectivity index (χ0) is 31.5. The summed E-state index contributed by atoms with van der Waals surface area (Å²) < 4.78 is 5.14. The first-order valence-electron chi connectivity index (χ1n) is 16.5. The number of allylic oxidation sites excluding steroid dienone is 4. The highest BCUT2D eigenvalue weighted by atomic mass is 16.5. The number of hydrogen-bond acceptors (Lipinski definition) is 4. The third kappa shape index (κ3) is 15.3. The SMILES string of the molecule is C=C(C)C=N/C(=C\C)C(=O)CC1CC1.C=C(c1ccc(CC)c(CCCCOC)c1)C(C)C(C)C.CC[C@H]1CCNC1. The second-order valence-electron chi connectivity index (χ2n) is 12.5. The van der Waals surface area contributed by atoms with E-state index >= 15 is 0 Å². The number of methoxy groups -OCH3 is 1. The van der Waals surface area contributed by atoms with E-state index in [4.69, 9.17) is 4.74 Å². The quantitative estimate of drug-likeness (QED) is 0.128. The Hall–Kier alpha value is -2.30. The number of nitrogens with one attached hydrogen (secondary N) is 1. The lowest BCUT2D eigenvalue weighted by atomic mass is 9.85. The largest absolute Gasteiger partial charge is 0.385 e. The van der Waals surface area contributed by atoms with E-state index in [0.717, 1.165) is 37.4 Å². The Morgan fingerprint density at radius 2 is 1.81 bits per heavy atom. The van der Waals surface area contributed by atoms with Gasteiger partial charge in [0.2, 0.25) is 0 Å². The van der Waals surface area contributed by atoms with Crippen molar-refractivity contribution in [2.24, 2.45) is 28.7 Å². The smallest absolute Gasteiger partial charge is 0.181 e. The molecule has 42 heavy (non-hydrogen) atoms. The molecule has 1 saturated heterocycles. The number of benzene rings is 1. The summed E-state index contributed by atoms with van der Waals surface area (Å²) in [7, 11) is 1.77. The summed E-state index contributed by atoms with van der Waals surface area (Å²) in [6.45, 7) is 26.4. The van der Waals surface area contributed by atoms with Crippen LogP contribution in [0.2, 0.25) is 0 Å². The van der Waals surface area contributed by atoms with Gasteiger partial charge in [-0.1, -0.05) is 78.5 Å². The highest BCUT2D eigenvalue weighted by molar-refractivity contribution is 5.97. The average molecular weight is 579 g/mol. The molecule has 2 fully saturated rings. The molecule has 2 atom stereocenters. The summed E-state index contributed by atoms with van der Waals surface area (Å²) in [4.78, 5) is 15.7. The van der Waals surface area contributed by atoms with Gasteiger partial charge in [-0.15, -0.1) is 0 Å². The number of Topliss-reactive ketones (excluding diaryl/α,β-unsaturated/α-hetero) is 1. The van der Waals surface area contributed by atoms with Crippen molar-refractivity contribution in [3.05, 3.63) is 65.4 Å². The molecule has 1 heterocycles. The van der Waals surface area contributed by atoms with E-state index in [9.17, 15) is 4.79 Å². The second kappa shape index (κ2) is 21.4. The van der Waals surface area contributed by atoms with E-state index < -0.39 is 0 Å². The molecule has 4 nitrogen and oxygen atoms in total. The zero-order valence-electron chi connectivity index (χ0n) is 28.4. The van der Waals surface area contributed by atoms with E-state index in [2.05, 4.69) is 76.3 Å². The minimum atomic E-state index is 0.160. The van der Waals surface area contributed by atoms with E-state index in [1.807, 2.05) is 13.8 Å². The maximum Gasteiger partial charge on any atom is 0.181 e. The minimum absolute atomic E-state index is 0.160. The topological polar surface area (TPSA) is 50.7 Å². The van der Waals surface area contributed by atoms with Gasteiger partial charge in [-0.25, -0.2) is 0 Å². The average Bonchev–Trinajstić information content (AvgIpc) is 3.63. The highest BCUT2D eigenvalue weighted by Gasteiger charge is 2.25. The summed E-state index contributed by atoms with van der Waals surface area (Å²) in [5.41, 5.74) is 6.98. The number of nitrogens with zero attached hydrogens (tertiary/aromatic N) is 1. The lowest BCUT2D eigenvalue weighted by Gasteiger charge is -2.20. The Bertz CT molecular complexity index is 1010. The molecular weight excluding hydrogens is 516 g/mol. The predicted molar refractivity (Wildman–Crippen MR) is 184 cm³/mol.